The number of aliphatic hydroxyl groups is 2. The third-order valence-electron chi connectivity index (χ3n) is 12.4. The van der Waals surface area contributed by atoms with Crippen LogP contribution >= 0.6 is 11.6 Å². The highest BCUT2D eigenvalue weighted by Crippen LogP contribution is 2.48. The smallest absolute Gasteiger partial charge is 0.307 e. The molecule has 3 N–H and O–H groups in total. The number of alkyl halides is 1. The summed E-state index contributed by atoms with van der Waals surface area (Å²) in [6.45, 7) is 7.74. The van der Waals surface area contributed by atoms with Gasteiger partial charge in [0.05, 0.1) is 18.1 Å². The van der Waals surface area contributed by atoms with Gasteiger partial charge in [-0.05, 0) is 76.0 Å². The van der Waals surface area contributed by atoms with Crippen molar-refractivity contribution in [3.63, 3.8) is 0 Å². The van der Waals surface area contributed by atoms with Crippen LogP contribution in [0.15, 0.2) is 24.3 Å². The van der Waals surface area contributed by atoms with Crippen LogP contribution in [0.4, 0.5) is 0 Å². The van der Waals surface area contributed by atoms with E-state index in [0.717, 1.165) is 32.1 Å². The summed E-state index contributed by atoms with van der Waals surface area (Å²) >= 11 is 6.65. The molecule has 6 nitrogen and oxygen atoms in total. The van der Waals surface area contributed by atoms with Crippen LogP contribution < -0.4 is 0 Å². The minimum Gasteiger partial charge on any atom is -0.481 e. The molecule has 296 valence electrons. The van der Waals surface area contributed by atoms with Gasteiger partial charge < -0.3 is 20.2 Å². The third-order valence-corrected chi connectivity index (χ3v) is 12.9. The number of carbonyl (C=O) groups is 2. The van der Waals surface area contributed by atoms with Gasteiger partial charge in [0.15, 0.2) is 0 Å². The SMILES string of the molecule is CCCCCCCCCCCCCCCCCCN(CC)C(=O)CC(CC/C=C\C[C@@H]1[C@@H](/C=C/C[C@H](O)C2(CC)CCC2)[C@H](O)C[C@H]1Cl)C(=O)O. The summed E-state index contributed by atoms with van der Waals surface area (Å²) < 4.78 is 0. The normalized spacial score (nSPS) is 22.8. The van der Waals surface area contributed by atoms with Crippen molar-refractivity contribution >= 4 is 23.5 Å². The number of aliphatic carboxylic acids is 1. The number of carbonyl (C=O) groups excluding carboxylic acids is 1. The quantitative estimate of drug-likeness (QED) is 0.0374. The first-order valence-electron chi connectivity index (χ1n) is 21.5. The van der Waals surface area contributed by atoms with E-state index in [1.807, 2.05) is 24.0 Å². The van der Waals surface area contributed by atoms with Gasteiger partial charge in [-0.3, -0.25) is 9.59 Å². The predicted molar refractivity (Wildman–Crippen MR) is 214 cm³/mol. The Balaban J connectivity index is 1.61. The van der Waals surface area contributed by atoms with Crippen LogP contribution in [0.25, 0.3) is 0 Å². The summed E-state index contributed by atoms with van der Waals surface area (Å²) in [5, 5.41) is 31.2. The van der Waals surface area contributed by atoms with E-state index in [1.54, 1.807) is 0 Å². The molecule has 0 heterocycles. The molecule has 6 atom stereocenters. The standard InChI is InChI=1S/C44H78ClNO5/c1-4-7-8-9-10-11-12-13-14-15-16-17-18-19-20-24-33-46(6-3)42(49)34-36(43(50)51)27-22-21-23-28-37-38(40(47)35-39(37)45)29-25-30-41(48)44(5-2)31-26-32-44/h21,23,25,29,36-41,47-48H,4-20,22,24,26-28,30-35H2,1-3H3,(H,50,51)/b23-21-,29-25+/t36?,37-,38-,39-,40-,41+/m1/s1. The zero-order valence-corrected chi connectivity index (χ0v) is 33.8. The van der Waals surface area contributed by atoms with E-state index in [0.29, 0.717) is 45.2 Å². The molecular formula is C44H78ClNO5. The van der Waals surface area contributed by atoms with Crippen LogP contribution in [-0.2, 0) is 9.59 Å². The molecule has 2 rings (SSSR count). The van der Waals surface area contributed by atoms with Crippen molar-refractivity contribution in [2.45, 2.75) is 205 Å². The summed E-state index contributed by atoms with van der Waals surface area (Å²) in [6, 6.07) is 0. The lowest BCUT2D eigenvalue weighted by Crippen LogP contribution is -2.40. The number of hydrogen-bond acceptors (Lipinski definition) is 4. The fourth-order valence-electron chi connectivity index (χ4n) is 8.46. The van der Waals surface area contributed by atoms with E-state index in [9.17, 15) is 24.9 Å². The number of amides is 1. The number of allylic oxidation sites excluding steroid dienone is 2. The number of hydrogen-bond donors (Lipinski definition) is 3. The molecule has 1 unspecified atom stereocenters. The number of halogens is 1. The van der Waals surface area contributed by atoms with E-state index in [-0.39, 0.29) is 41.1 Å². The monoisotopic (exact) mass is 736 g/mol. The van der Waals surface area contributed by atoms with Crippen molar-refractivity contribution in [3.05, 3.63) is 24.3 Å². The van der Waals surface area contributed by atoms with Gasteiger partial charge in [-0.25, -0.2) is 0 Å². The summed E-state index contributed by atoms with van der Waals surface area (Å²) in [6.07, 6.45) is 35.7. The van der Waals surface area contributed by atoms with E-state index in [4.69, 9.17) is 11.6 Å². The fraction of sp³-hybridized carbons (Fsp3) is 0.864. The number of rotatable bonds is 31. The Morgan fingerprint density at radius 1 is 0.843 bits per heavy atom. The van der Waals surface area contributed by atoms with Gasteiger partial charge in [0.25, 0.3) is 0 Å². The summed E-state index contributed by atoms with van der Waals surface area (Å²) in [5.74, 6) is -1.62. The minimum atomic E-state index is -0.908. The Morgan fingerprint density at radius 2 is 1.41 bits per heavy atom. The summed E-state index contributed by atoms with van der Waals surface area (Å²) in [7, 11) is 0. The summed E-state index contributed by atoms with van der Waals surface area (Å²) in [5.41, 5.74) is 0.0639. The van der Waals surface area contributed by atoms with Crippen LogP contribution in [0.3, 0.4) is 0 Å². The zero-order chi connectivity index (χ0) is 37.3. The molecule has 1 amide bonds. The van der Waals surface area contributed by atoms with Crippen molar-refractivity contribution in [1.29, 1.82) is 0 Å². The van der Waals surface area contributed by atoms with Gasteiger partial charge in [0.2, 0.25) is 5.91 Å². The highest BCUT2D eigenvalue weighted by Gasteiger charge is 2.42. The lowest BCUT2D eigenvalue weighted by atomic mass is 9.63. The van der Waals surface area contributed by atoms with Crippen LogP contribution in [0.5, 0.6) is 0 Å². The second kappa shape index (κ2) is 27.2. The molecular weight excluding hydrogens is 658 g/mol. The van der Waals surface area contributed by atoms with Gasteiger partial charge >= 0.3 is 5.97 Å². The van der Waals surface area contributed by atoms with Crippen LogP contribution in [0, 0.1) is 23.2 Å². The number of carboxylic acid groups (broad SMARTS) is 1. The van der Waals surface area contributed by atoms with Crippen LogP contribution in [0.1, 0.15) is 188 Å². The molecule has 2 aliphatic carbocycles. The molecule has 0 radical (unpaired) electrons. The molecule has 0 aliphatic heterocycles. The Kier molecular flexibility index (Phi) is 24.5. The Morgan fingerprint density at radius 3 is 1.90 bits per heavy atom. The van der Waals surface area contributed by atoms with Gasteiger partial charge in [0.1, 0.15) is 0 Å². The maximum absolute atomic E-state index is 13.1. The zero-order valence-electron chi connectivity index (χ0n) is 33.1. The molecule has 0 aromatic heterocycles. The molecule has 51 heavy (non-hydrogen) atoms. The first-order chi connectivity index (χ1) is 24.7. The average molecular weight is 737 g/mol. The predicted octanol–water partition coefficient (Wildman–Crippen LogP) is 11.4. The molecule has 2 aliphatic rings. The van der Waals surface area contributed by atoms with Crippen molar-refractivity contribution in [2.24, 2.45) is 23.2 Å². The van der Waals surface area contributed by atoms with Crippen LogP contribution in [-0.4, -0.2) is 62.8 Å². The molecule has 2 fully saturated rings. The maximum Gasteiger partial charge on any atom is 0.307 e. The number of carboxylic acids is 1. The second-order valence-corrected chi connectivity index (χ2v) is 16.7. The molecule has 0 bridgehead atoms. The van der Waals surface area contributed by atoms with Crippen molar-refractivity contribution in [1.82, 2.24) is 4.90 Å². The van der Waals surface area contributed by atoms with E-state index in [1.165, 1.54) is 96.3 Å². The second-order valence-electron chi connectivity index (χ2n) is 16.1. The van der Waals surface area contributed by atoms with Gasteiger partial charge in [-0.15, -0.1) is 11.6 Å². The molecule has 7 heteroatoms. The highest BCUT2D eigenvalue weighted by atomic mass is 35.5. The van der Waals surface area contributed by atoms with Gasteiger partial charge in [0, 0.05) is 30.8 Å². The maximum atomic E-state index is 13.1. The van der Waals surface area contributed by atoms with Crippen molar-refractivity contribution in [3.8, 4) is 0 Å². The largest absolute Gasteiger partial charge is 0.481 e. The fourth-order valence-corrected chi connectivity index (χ4v) is 8.92. The first-order valence-corrected chi connectivity index (χ1v) is 21.9. The average Bonchev–Trinajstić information content (AvgIpc) is 3.35. The van der Waals surface area contributed by atoms with E-state index >= 15 is 0 Å². The third kappa shape index (κ3) is 17.5. The number of aliphatic hydroxyl groups excluding tert-OH is 2. The highest BCUT2D eigenvalue weighted by molar-refractivity contribution is 6.21. The lowest BCUT2D eigenvalue weighted by molar-refractivity contribution is -0.146. The van der Waals surface area contributed by atoms with Crippen molar-refractivity contribution in [2.75, 3.05) is 13.1 Å². The molecule has 0 aromatic carbocycles. The van der Waals surface area contributed by atoms with E-state index in [2.05, 4.69) is 26.0 Å². The number of nitrogens with zero attached hydrogens (tertiary/aromatic N) is 1. The Hall–Kier alpha value is -1.37. The number of unbranched alkanes of at least 4 members (excludes halogenated alkanes) is 15. The first kappa shape index (κ1) is 45.8. The Labute approximate surface area is 318 Å². The summed E-state index contributed by atoms with van der Waals surface area (Å²) in [4.78, 5) is 26.9. The molecule has 2 saturated carbocycles. The topological polar surface area (TPSA) is 98.1 Å². The van der Waals surface area contributed by atoms with Gasteiger partial charge in [-0.1, -0.05) is 141 Å². The van der Waals surface area contributed by atoms with Crippen molar-refractivity contribution < 1.29 is 24.9 Å². The molecule has 0 saturated heterocycles. The lowest BCUT2D eigenvalue weighted by Gasteiger charge is -2.45. The van der Waals surface area contributed by atoms with E-state index < -0.39 is 18.0 Å². The molecule has 0 aromatic rings. The molecule has 0 spiro atoms. The Bertz CT molecular complexity index is 975. The van der Waals surface area contributed by atoms with Gasteiger partial charge in [-0.2, -0.15) is 0 Å². The van der Waals surface area contributed by atoms with Crippen LogP contribution in [0.2, 0.25) is 0 Å². The minimum absolute atomic E-state index is 0.0481.